The molecule has 0 spiro atoms. The van der Waals surface area contributed by atoms with Crippen LogP contribution in [-0.2, 0) is 0 Å². The quantitative estimate of drug-likeness (QED) is 0.671. The van der Waals surface area contributed by atoms with E-state index in [1.54, 1.807) is 31.2 Å². The van der Waals surface area contributed by atoms with Crippen LogP contribution < -0.4 is 0 Å². The van der Waals surface area contributed by atoms with Crippen LogP contribution >= 0.6 is 11.6 Å². The molecule has 0 aliphatic carbocycles. The molecular formula is C17H11ClFN5O. The summed E-state index contributed by atoms with van der Waals surface area (Å²) in [6.07, 6.45) is 0.961. The van der Waals surface area contributed by atoms with E-state index < -0.39 is 17.5 Å². The third kappa shape index (κ3) is 3.39. The number of aryl methyl sites for hydroxylation is 1. The van der Waals surface area contributed by atoms with Crippen molar-refractivity contribution in [1.29, 1.82) is 5.26 Å². The number of hydrogen-bond donors (Lipinski definition) is 0. The Hall–Kier alpha value is -3.11. The minimum atomic E-state index is -1.19. The Morgan fingerprint density at radius 2 is 2.12 bits per heavy atom. The topological polar surface area (TPSA) is 84.5 Å². The van der Waals surface area contributed by atoms with Crippen LogP contribution in [0.1, 0.15) is 27.8 Å². The molecule has 8 heteroatoms. The molecule has 2 aromatic heterocycles. The van der Waals surface area contributed by atoms with Crippen molar-refractivity contribution in [2.75, 3.05) is 0 Å². The van der Waals surface area contributed by atoms with Crippen molar-refractivity contribution in [3.05, 3.63) is 70.5 Å². The molecule has 1 aromatic carbocycles. The van der Waals surface area contributed by atoms with E-state index in [1.807, 2.05) is 6.07 Å². The fraction of sp³-hybridized carbons (Fsp3) is 0.118. The summed E-state index contributed by atoms with van der Waals surface area (Å²) in [6, 6.07) is 11.2. The lowest BCUT2D eigenvalue weighted by molar-refractivity contribution is 0.0971. The standard InChI is InChI=1S/C17H11ClFN5O/c1-10-16(23-24(22-10)13-4-2-3-11(18)7-13)17(25)14(8-20)15-6-5-12(19)9-21-15/h2-7,9,14H,1H3/t14-/m1/s1. The fourth-order valence-corrected chi connectivity index (χ4v) is 2.46. The zero-order valence-electron chi connectivity index (χ0n) is 13.0. The first-order valence-corrected chi connectivity index (χ1v) is 7.62. The molecule has 0 unspecified atom stereocenters. The van der Waals surface area contributed by atoms with Crippen LogP contribution in [0, 0.1) is 24.1 Å². The van der Waals surface area contributed by atoms with Crippen molar-refractivity contribution in [1.82, 2.24) is 20.0 Å². The monoisotopic (exact) mass is 355 g/mol. The predicted molar refractivity (Wildman–Crippen MR) is 88.0 cm³/mol. The number of nitriles is 1. The maximum absolute atomic E-state index is 13.0. The second kappa shape index (κ2) is 6.79. The van der Waals surface area contributed by atoms with Crippen LogP contribution in [0.3, 0.4) is 0 Å². The maximum Gasteiger partial charge on any atom is 0.208 e. The molecule has 2 heterocycles. The number of rotatable bonds is 4. The van der Waals surface area contributed by atoms with E-state index in [2.05, 4.69) is 15.2 Å². The van der Waals surface area contributed by atoms with Crippen molar-refractivity contribution >= 4 is 17.4 Å². The SMILES string of the molecule is Cc1nn(-c2cccc(Cl)c2)nc1C(=O)[C@H](C#N)c1ccc(F)cn1. The van der Waals surface area contributed by atoms with Gasteiger partial charge in [0.2, 0.25) is 5.78 Å². The van der Waals surface area contributed by atoms with E-state index in [1.165, 1.54) is 10.9 Å². The molecule has 25 heavy (non-hydrogen) atoms. The number of ketones is 1. The lowest BCUT2D eigenvalue weighted by Crippen LogP contribution is -2.14. The normalized spacial score (nSPS) is 11.8. The summed E-state index contributed by atoms with van der Waals surface area (Å²) >= 11 is 5.95. The first kappa shape index (κ1) is 16.7. The molecule has 0 amide bonds. The average Bonchev–Trinajstić information content (AvgIpc) is 2.99. The van der Waals surface area contributed by atoms with Crippen molar-refractivity contribution < 1.29 is 9.18 Å². The van der Waals surface area contributed by atoms with Gasteiger partial charge in [-0.25, -0.2) is 4.39 Å². The molecular weight excluding hydrogens is 345 g/mol. The van der Waals surface area contributed by atoms with Gasteiger partial charge in [-0.05, 0) is 37.3 Å². The third-order valence-corrected chi connectivity index (χ3v) is 3.73. The van der Waals surface area contributed by atoms with E-state index in [-0.39, 0.29) is 11.4 Å². The minimum absolute atomic E-state index is 0.0534. The van der Waals surface area contributed by atoms with Gasteiger partial charge in [0.05, 0.1) is 29.3 Å². The Bertz CT molecular complexity index is 977. The van der Waals surface area contributed by atoms with Crippen LogP contribution in [0.2, 0.25) is 5.02 Å². The molecule has 6 nitrogen and oxygen atoms in total. The number of nitrogens with zero attached hydrogens (tertiary/aromatic N) is 5. The van der Waals surface area contributed by atoms with Crippen LogP contribution in [0.5, 0.6) is 0 Å². The summed E-state index contributed by atoms with van der Waals surface area (Å²) in [5, 5.41) is 18.2. The van der Waals surface area contributed by atoms with Crippen molar-refractivity contribution in [2.45, 2.75) is 12.8 Å². The van der Waals surface area contributed by atoms with Gasteiger partial charge in [0.1, 0.15) is 5.82 Å². The Morgan fingerprint density at radius 3 is 2.76 bits per heavy atom. The zero-order chi connectivity index (χ0) is 18.0. The zero-order valence-corrected chi connectivity index (χ0v) is 13.8. The molecule has 3 rings (SSSR count). The van der Waals surface area contributed by atoms with Gasteiger partial charge in [-0.1, -0.05) is 17.7 Å². The van der Waals surface area contributed by atoms with Crippen molar-refractivity contribution in [3.8, 4) is 11.8 Å². The van der Waals surface area contributed by atoms with Gasteiger partial charge >= 0.3 is 0 Å². The summed E-state index contributed by atoms with van der Waals surface area (Å²) < 4.78 is 13.0. The Morgan fingerprint density at radius 1 is 1.32 bits per heavy atom. The molecule has 0 aliphatic heterocycles. The second-order valence-corrected chi connectivity index (χ2v) is 5.67. The van der Waals surface area contributed by atoms with E-state index in [0.717, 1.165) is 12.3 Å². The van der Waals surface area contributed by atoms with Crippen molar-refractivity contribution in [2.24, 2.45) is 0 Å². The number of benzene rings is 1. The smallest absolute Gasteiger partial charge is 0.208 e. The highest BCUT2D eigenvalue weighted by molar-refractivity contribution is 6.30. The largest absolute Gasteiger partial charge is 0.290 e. The van der Waals surface area contributed by atoms with E-state index in [9.17, 15) is 14.4 Å². The van der Waals surface area contributed by atoms with E-state index >= 15 is 0 Å². The molecule has 0 saturated heterocycles. The number of carbonyl (C=O) groups is 1. The molecule has 0 radical (unpaired) electrons. The lowest BCUT2D eigenvalue weighted by Gasteiger charge is -2.05. The highest BCUT2D eigenvalue weighted by Gasteiger charge is 2.28. The number of pyridine rings is 1. The van der Waals surface area contributed by atoms with Gasteiger partial charge in [-0.3, -0.25) is 9.78 Å². The maximum atomic E-state index is 13.0. The van der Waals surface area contributed by atoms with Crippen molar-refractivity contribution in [3.63, 3.8) is 0 Å². The molecule has 0 saturated carbocycles. The van der Waals surface area contributed by atoms with E-state index in [0.29, 0.717) is 16.4 Å². The Labute approximate surface area is 147 Å². The molecule has 0 bridgehead atoms. The van der Waals surface area contributed by atoms with Gasteiger partial charge in [-0.15, -0.1) is 5.10 Å². The minimum Gasteiger partial charge on any atom is -0.290 e. The predicted octanol–water partition coefficient (Wildman–Crippen LogP) is 3.25. The molecule has 1 atom stereocenters. The fourth-order valence-electron chi connectivity index (χ4n) is 2.28. The molecule has 124 valence electrons. The van der Waals surface area contributed by atoms with Gasteiger partial charge in [0, 0.05) is 5.02 Å². The summed E-state index contributed by atoms with van der Waals surface area (Å²) in [6.45, 7) is 1.62. The van der Waals surface area contributed by atoms with Gasteiger partial charge < -0.3 is 0 Å². The van der Waals surface area contributed by atoms with Crippen LogP contribution in [0.15, 0.2) is 42.6 Å². The Kier molecular flexibility index (Phi) is 4.55. The lowest BCUT2D eigenvalue weighted by atomic mass is 9.98. The number of Topliss-reactive ketones (excluding diaryl/α,β-unsaturated/α-hetero) is 1. The molecule has 0 N–H and O–H groups in total. The number of carbonyl (C=O) groups excluding carboxylic acids is 1. The highest BCUT2D eigenvalue weighted by Crippen LogP contribution is 2.21. The first-order chi connectivity index (χ1) is 12.0. The van der Waals surface area contributed by atoms with Gasteiger partial charge in [0.25, 0.3) is 0 Å². The first-order valence-electron chi connectivity index (χ1n) is 7.25. The number of hydrogen-bond acceptors (Lipinski definition) is 5. The molecule has 3 aromatic rings. The average molecular weight is 356 g/mol. The highest BCUT2D eigenvalue weighted by atomic mass is 35.5. The van der Waals surface area contributed by atoms with E-state index in [4.69, 9.17) is 11.6 Å². The molecule has 0 aliphatic rings. The van der Waals surface area contributed by atoms with Crippen LogP contribution in [0.4, 0.5) is 4.39 Å². The van der Waals surface area contributed by atoms with Gasteiger partial charge in [0.15, 0.2) is 11.6 Å². The summed E-state index contributed by atoms with van der Waals surface area (Å²) in [4.78, 5) is 17.8. The third-order valence-electron chi connectivity index (χ3n) is 3.49. The molecule has 0 fully saturated rings. The summed E-state index contributed by atoms with van der Waals surface area (Å²) in [7, 11) is 0. The Balaban J connectivity index is 1.97. The van der Waals surface area contributed by atoms with Crippen LogP contribution in [-0.4, -0.2) is 25.8 Å². The second-order valence-electron chi connectivity index (χ2n) is 5.23. The number of halogens is 2. The van der Waals surface area contributed by atoms with Crippen LogP contribution in [0.25, 0.3) is 5.69 Å². The summed E-state index contributed by atoms with van der Waals surface area (Å²) in [5.41, 5.74) is 1.17. The van der Waals surface area contributed by atoms with Gasteiger partial charge in [-0.2, -0.15) is 15.2 Å². The summed E-state index contributed by atoms with van der Waals surface area (Å²) in [5.74, 6) is -2.29. The number of aromatic nitrogens is 4.